The fourth-order valence-corrected chi connectivity index (χ4v) is 5.10. The van der Waals surface area contributed by atoms with Gasteiger partial charge in [-0.25, -0.2) is 4.98 Å². The van der Waals surface area contributed by atoms with Crippen LogP contribution in [0.15, 0.2) is 24.3 Å². The van der Waals surface area contributed by atoms with Gasteiger partial charge < -0.3 is 20.9 Å². The van der Waals surface area contributed by atoms with Crippen molar-refractivity contribution >= 4 is 57.4 Å². The highest BCUT2D eigenvalue weighted by Gasteiger charge is 2.24. The molecule has 1 heterocycles. The molecule has 1 aromatic heterocycles. The van der Waals surface area contributed by atoms with Crippen LogP contribution in [0.3, 0.4) is 0 Å². The van der Waals surface area contributed by atoms with E-state index in [0.29, 0.717) is 17.2 Å². The van der Waals surface area contributed by atoms with Crippen LogP contribution in [0, 0.1) is 3.57 Å². The van der Waals surface area contributed by atoms with Crippen molar-refractivity contribution in [3.63, 3.8) is 0 Å². The molecule has 6 nitrogen and oxygen atoms in total. The Balaban J connectivity index is 1.29. The summed E-state index contributed by atoms with van der Waals surface area (Å²) in [5.74, 6) is 1.87. The van der Waals surface area contributed by atoms with Crippen molar-refractivity contribution < 1.29 is 0 Å². The van der Waals surface area contributed by atoms with Gasteiger partial charge >= 0.3 is 0 Å². The maximum Gasteiger partial charge on any atom is 0.225 e. The Morgan fingerprint density at radius 2 is 1.68 bits per heavy atom. The van der Waals surface area contributed by atoms with Crippen molar-refractivity contribution in [2.75, 3.05) is 29.6 Å². The van der Waals surface area contributed by atoms with E-state index < -0.39 is 0 Å². The fourth-order valence-electron chi connectivity index (χ4n) is 4.46. The zero-order valence-corrected chi connectivity index (χ0v) is 21.2. The van der Waals surface area contributed by atoms with Crippen molar-refractivity contribution in [3.05, 3.63) is 39.1 Å². The number of anilines is 3. The van der Waals surface area contributed by atoms with Crippen molar-refractivity contribution in [3.8, 4) is 0 Å². The molecule has 2 aliphatic rings. The van der Waals surface area contributed by atoms with Crippen LogP contribution in [-0.2, 0) is 12.8 Å². The third-order valence-electron chi connectivity index (χ3n) is 6.08. The van der Waals surface area contributed by atoms with Crippen LogP contribution in [0.1, 0.15) is 49.8 Å². The Labute approximate surface area is 204 Å². The van der Waals surface area contributed by atoms with Gasteiger partial charge in [0.25, 0.3) is 0 Å². The summed E-state index contributed by atoms with van der Waals surface area (Å²) < 4.78 is 1.22. The summed E-state index contributed by atoms with van der Waals surface area (Å²) in [6.07, 6.45) is 8.95. The SMILES string of the molecule is CN(C)c1nc(NC2CCC(NC(=S)Nc3ccc(I)cc3)CC2)nc2c1CCCC2. The topological polar surface area (TPSA) is 65.1 Å². The summed E-state index contributed by atoms with van der Waals surface area (Å²) in [5, 5.41) is 11.1. The molecule has 2 aliphatic carbocycles. The number of thiocarbonyl (C=S) groups is 1. The van der Waals surface area contributed by atoms with Gasteiger partial charge in [0.05, 0.1) is 5.69 Å². The molecule has 8 heteroatoms. The first kappa shape index (κ1) is 22.5. The summed E-state index contributed by atoms with van der Waals surface area (Å²) in [6, 6.07) is 9.07. The first-order chi connectivity index (χ1) is 15.0. The molecule has 166 valence electrons. The van der Waals surface area contributed by atoms with Crippen LogP contribution < -0.4 is 20.9 Å². The van der Waals surface area contributed by atoms with Crippen molar-refractivity contribution in [2.45, 2.75) is 63.5 Å². The summed E-state index contributed by atoms with van der Waals surface area (Å²) in [6.45, 7) is 0. The summed E-state index contributed by atoms with van der Waals surface area (Å²) in [4.78, 5) is 11.9. The highest BCUT2D eigenvalue weighted by molar-refractivity contribution is 14.1. The average molecular weight is 551 g/mol. The van der Waals surface area contributed by atoms with Crippen molar-refractivity contribution in [1.29, 1.82) is 0 Å². The minimum atomic E-state index is 0.406. The molecule has 0 saturated heterocycles. The lowest BCUT2D eigenvalue weighted by Gasteiger charge is -2.31. The van der Waals surface area contributed by atoms with Crippen molar-refractivity contribution in [2.24, 2.45) is 0 Å². The van der Waals surface area contributed by atoms with E-state index in [1.807, 2.05) is 0 Å². The standard InChI is InChI=1S/C23H31IN6S/c1-30(2)21-19-5-3-4-6-20(19)28-22(29-21)25-16-11-13-18(14-12-16)27-23(31)26-17-9-7-15(24)8-10-17/h7-10,16,18H,3-6,11-14H2,1-2H3,(H,25,28,29)(H2,26,27,31). The molecule has 31 heavy (non-hydrogen) atoms. The molecule has 1 fully saturated rings. The van der Waals surface area contributed by atoms with Gasteiger partial charge in [-0.3, -0.25) is 0 Å². The van der Waals surface area contributed by atoms with E-state index >= 15 is 0 Å². The molecule has 0 atom stereocenters. The summed E-state index contributed by atoms with van der Waals surface area (Å²) in [7, 11) is 4.15. The lowest BCUT2D eigenvalue weighted by molar-refractivity contribution is 0.387. The van der Waals surface area contributed by atoms with E-state index in [4.69, 9.17) is 22.2 Å². The molecule has 2 aromatic rings. The van der Waals surface area contributed by atoms with Crippen LogP contribution in [0.4, 0.5) is 17.5 Å². The van der Waals surface area contributed by atoms with Crippen LogP contribution >= 0.6 is 34.8 Å². The number of aryl methyl sites for hydroxylation is 1. The lowest BCUT2D eigenvalue weighted by atomic mass is 9.91. The number of halogens is 1. The van der Waals surface area contributed by atoms with Crippen LogP contribution in [0.25, 0.3) is 0 Å². The van der Waals surface area contributed by atoms with E-state index in [1.54, 1.807) is 0 Å². The minimum Gasteiger partial charge on any atom is -0.362 e. The first-order valence-electron chi connectivity index (χ1n) is 11.1. The van der Waals surface area contributed by atoms with Gasteiger partial charge in [-0.1, -0.05) is 0 Å². The van der Waals surface area contributed by atoms with E-state index in [1.165, 1.54) is 27.7 Å². The molecular formula is C23H31IN6S. The minimum absolute atomic E-state index is 0.406. The molecule has 1 aromatic carbocycles. The third kappa shape index (κ3) is 5.97. The van der Waals surface area contributed by atoms with E-state index in [2.05, 4.69) is 81.8 Å². The first-order valence-corrected chi connectivity index (χ1v) is 12.6. The molecule has 0 radical (unpaired) electrons. The molecule has 0 aliphatic heterocycles. The number of hydrogen-bond donors (Lipinski definition) is 3. The Morgan fingerprint density at radius 3 is 2.39 bits per heavy atom. The second-order valence-electron chi connectivity index (χ2n) is 8.70. The monoisotopic (exact) mass is 550 g/mol. The maximum atomic E-state index is 5.52. The van der Waals surface area contributed by atoms with Crippen LogP contribution in [0.5, 0.6) is 0 Å². The quantitative estimate of drug-likeness (QED) is 0.368. The number of fused-ring (bicyclic) bond motifs is 1. The van der Waals surface area contributed by atoms with Gasteiger partial charge in [0.15, 0.2) is 5.11 Å². The number of benzene rings is 1. The van der Waals surface area contributed by atoms with Gasteiger partial charge in [-0.15, -0.1) is 0 Å². The maximum absolute atomic E-state index is 5.52. The molecule has 0 spiro atoms. The van der Waals surface area contributed by atoms with E-state index in [0.717, 1.165) is 56.0 Å². The normalized spacial score (nSPS) is 20.5. The number of rotatable bonds is 5. The zero-order valence-electron chi connectivity index (χ0n) is 18.2. The van der Waals surface area contributed by atoms with Crippen molar-refractivity contribution in [1.82, 2.24) is 15.3 Å². The van der Waals surface area contributed by atoms with Gasteiger partial charge in [-0.2, -0.15) is 4.98 Å². The highest BCUT2D eigenvalue weighted by atomic mass is 127. The van der Waals surface area contributed by atoms with Gasteiger partial charge in [0, 0.05) is 41.0 Å². The summed E-state index contributed by atoms with van der Waals surface area (Å²) in [5.41, 5.74) is 3.59. The Kier molecular flexibility index (Phi) is 7.47. The van der Waals surface area contributed by atoms with Crippen LogP contribution in [-0.4, -0.2) is 41.3 Å². The van der Waals surface area contributed by atoms with E-state index in [9.17, 15) is 0 Å². The molecule has 0 bridgehead atoms. The average Bonchev–Trinajstić information content (AvgIpc) is 2.76. The largest absolute Gasteiger partial charge is 0.362 e. The molecule has 0 unspecified atom stereocenters. The van der Waals surface area contributed by atoms with Gasteiger partial charge in [0.2, 0.25) is 5.95 Å². The molecule has 4 rings (SSSR count). The van der Waals surface area contributed by atoms with Crippen LogP contribution in [0.2, 0.25) is 0 Å². The predicted molar refractivity (Wildman–Crippen MR) is 141 cm³/mol. The Morgan fingerprint density at radius 1 is 1.00 bits per heavy atom. The second kappa shape index (κ2) is 10.3. The Bertz CT molecular complexity index is 909. The molecule has 1 saturated carbocycles. The molecule has 3 N–H and O–H groups in total. The lowest BCUT2D eigenvalue weighted by Crippen LogP contribution is -2.42. The fraction of sp³-hybridized carbons (Fsp3) is 0.522. The number of hydrogen-bond acceptors (Lipinski definition) is 5. The second-order valence-corrected chi connectivity index (χ2v) is 10.3. The molecular weight excluding hydrogens is 519 g/mol. The highest BCUT2D eigenvalue weighted by Crippen LogP contribution is 2.29. The zero-order chi connectivity index (χ0) is 21.8. The Hall–Kier alpha value is -1.68. The summed E-state index contributed by atoms with van der Waals surface area (Å²) >= 11 is 7.82. The third-order valence-corrected chi connectivity index (χ3v) is 7.02. The van der Waals surface area contributed by atoms with Gasteiger partial charge in [0.1, 0.15) is 5.82 Å². The number of nitrogens with zero attached hydrogens (tertiary/aromatic N) is 3. The smallest absolute Gasteiger partial charge is 0.225 e. The molecule has 0 amide bonds. The van der Waals surface area contributed by atoms with Gasteiger partial charge in [-0.05, 0) is 110 Å². The van der Waals surface area contributed by atoms with E-state index in [-0.39, 0.29) is 0 Å². The number of nitrogens with one attached hydrogen (secondary N) is 3. The predicted octanol–water partition coefficient (Wildman–Crippen LogP) is 4.74. The number of aromatic nitrogens is 2.